The largest absolute Gasteiger partial charge is 0.378 e. The molecule has 0 aliphatic carbocycles. The molecule has 1 amide bonds. The number of amides is 1. The van der Waals surface area contributed by atoms with E-state index in [0.717, 1.165) is 24.9 Å². The van der Waals surface area contributed by atoms with Crippen molar-refractivity contribution in [1.29, 1.82) is 0 Å². The molecule has 1 aliphatic heterocycles. The third kappa shape index (κ3) is 4.54. The summed E-state index contributed by atoms with van der Waals surface area (Å²) >= 11 is 0. The SMILES string of the molecule is CCCCNc1cc(C(=O)N2CCOCC2)nc(-c2ccccc2)n1. The fraction of sp³-hybridized carbons (Fsp3) is 0.421. The third-order valence-corrected chi connectivity index (χ3v) is 4.11. The minimum atomic E-state index is -0.0681. The maximum Gasteiger partial charge on any atom is 0.272 e. The van der Waals surface area contributed by atoms with Crippen molar-refractivity contribution >= 4 is 11.7 Å². The van der Waals surface area contributed by atoms with Crippen molar-refractivity contribution in [1.82, 2.24) is 14.9 Å². The van der Waals surface area contributed by atoms with Crippen molar-refractivity contribution in [2.45, 2.75) is 19.8 Å². The summed E-state index contributed by atoms with van der Waals surface area (Å²) < 4.78 is 5.33. The first-order valence-corrected chi connectivity index (χ1v) is 8.83. The maximum absolute atomic E-state index is 12.8. The number of hydrogen-bond acceptors (Lipinski definition) is 5. The van der Waals surface area contributed by atoms with Gasteiger partial charge in [-0.25, -0.2) is 9.97 Å². The number of anilines is 1. The Kier molecular flexibility index (Phi) is 5.95. The molecule has 1 N–H and O–H groups in total. The van der Waals surface area contributed by atoms with Gasteiger partial charge in [-0.2, -0.15) is 0 Å². The van der Waals surface area contributed by atoms with E-state index < -0.39 is 0 Å². The normalized spacial score (nSPS) is 14.4. The fourth-order valence-electron chi connectivity index (χ4n) is 2.69. The van der Waals surface area contributed by atoms with Crippen LogP contribution in [0.1, 0.15) is 30.3 Å². The maximum atomic E-state index is 12.8. The van der Waals surface area contributed by atoms with Gasteiger partial charge in [0.05, 0.1) is 13.2 Å². The van der Waals surface area contributed by atoms with Gasteiger partial charge in [0.15, 0.2) is 5.82 Å². The number of morpholine rings is 1. The van der Waals surface area contributed by atoms with Crippen molar-refractivity contribution < 1.29 is 9.53 Å². The van der Waals surface area contributed by atoms with E-state index in [9.17, 15) is 4.79 Å². The molecule has 1 fully saturated rings. The average Bonchev–Trinajstić information content (AvgIpc) is 2.69. The zero-order valence-corrected chi connectivity index (χ0v) is 14.6. The second-order valence-corrected chi connectivity index (χ2v) is 6.01. The number of carbonyl (C=O) groups is 1. The molecule has 2 heterocycles. The Balaban J connectivity index is 1.89. The number of unbranched alkanes of at least 4 members (excludes halogenated alkanes) is 1. The summed E-state index contributed by atoms with van der Waals surface area (Å²) in [5.41, 5.74) is 1.33. The molecular formula is C19H24N4O2. The molecule has 0 radical (unpaired) electrons. The van der Waals surface area contributed by atoms with E-state index in [1.807, 2.05) is 30.3 Å². The first kappa shape index (κ1) is 17.4. The molecule has 1 aromatic heterocycles. The van der Waals surface area contributed by atoms with Crippen LogP contribution >= 0.6 is 0 Å². The Morgan fingerprint density at radius 2 is 1.96 bits per heavy atom. The summed E-state index contributed by atoms with van der Waals surface area (Å²) in [6.07, 6.45) is 2.15. The molecule has 0 unspecified atom stereocenters. The monoisotopic (exact) mass is 340 g/mol. The molecule has 6 heteroatoms. The lowest BCUT2D eigenvalue weighted by Crippen LogP contribution is -2.41. The number of rotatable bonds is 6. The summed E-state index contributed by atoms with van der Waals surface area (Å²) in [5, 5.41) is 3.31. The van der Waals surface area contributed by atoms with Gasteiger partial charge in [0.2, 0.25) is 0 Å². The Labute approximate surface area is 148 Å². The van der Waals surface area contributed by atoms with E-state index in [1.165, 1.54) is 0 Å². The summed E-state index contributed by atoms with van der Waals surface area (Å²) in [7, 11) is 0. The van der Waals surface area contributed by atoms with E-state index in [4.69, 9.17) is 4.74 Å². The smallest absolute Gasteiger partial charge is 0.272 e. The van der Waals surface area contributed by atoms with Crippen LogP contribution in [0, 0.1) is 0 Å². The summed E-state index contributed by atoms with van der Waals surface area (Å²) in [5.74, 6) is 1.19. The molecule has 6 nitrogen and oxygen atoms in total. The Morgan fingerprint density at radius 1 is 1.20 bits per heavy atom. The molecule has 1 aromatic carbocycles. The standard InChI is InChI=1S/C19H24N4O2/c1-2-3-9-20-17-14-16(19(24)23-10-12-25-13-11-23)21-18(22-17)15-7-5-4-6-8-15/h4-8,14H,2-3,9-13H2,1H3,(H,20,21,22). The third-order valence-electron chi connectivity index (χ3n) is 4.11. The van der Waals surface area contributed by atoms with Gasteiger partial charge in [0.1, 0.15) is 11.5 Å². The van der Waals surface area contributed by atoms with E-state index in [0.29, 0.717) is 43.6 Å². The van der Waals surface area contributed by atoms with Crippen LogP contribution in [0.15, 0.2) is 36.4 Å². The number of nitrogens with one attached hydrogen (secondary N) is 1. The Morgan fingerprint density at radius 3 is 2.68 bits per heavy atom. The lowest BCUT2D eigenvalue weighted by Gasteiger charge is -2.26. The topological polar surface area (TPSA) is 67.4 Å². The molecule has 1 aliphatic rings. The molecule has 3 rings (SSSR count). The Bertz CT molecular complexity index is 700. The van der Waals surface area contributed by atoms with Crippen LogP contribution in [-0.4, -0.2) is 53.6 Å². The van der Waals surface area contributed by atoms with Gasteiger partial charge in [-0.15, -0.1) is 0 Å². The highest BCUT2D eigenvalue weighted by Crippen LogP contribution is 2.19. The van der Waals surface area contributed by atoms with Gasteiger partial charge in [0, 0.05) is 31.3 Å². The molecular weight excluding hydrogens is 316 g/mol. The average molecular weight is 340 g/mol. The molecule has 132 valence electrons. The lowest BCUT2D eigenvalue weighted by molar-refractivity contribution is 0.0299. The van der Waals surface area contributed by atoms with Crippen molar-refractivity contribution in [3.8, 4) is 11.4 Å². The number of hydrogen-bond donors (Lipinski definition) is 1. The highest BCUT2D eigenvalue weighted by atomic mass is 16.5. The van der Waals surface area contributed by atoms with Crippen LogP contribution in [0.3, 0.4) is 0 Å². The summed E-state index contributed by atoms with van der Waals surface area (Å²) in [6.45, 7) is 5.31. The number of carbonyl (C=O) groups excluding carboxylic acids is 1. The van der Waals surface area contributed by atoms with Crippen molar-refractivity contribution in [3.05, 3.63) is 42.1 Å². The predicted molar refractivity (Wildman–Crippen MR) is 97.6 cm³/mol. The van der Waals surface area contributed by atoms with Crippen LogP contribution in [-0.2, 0) is 4.74 Å². The van der Waals surface area contributed by atoms with E-state index in [-0.39, 0.29) is 5.91 Å². The van der Waals surface area contributed by atoms with Crippen molar-refractivity contribution in [2.75, 3.05) is 38.2 Å². The van der Waals surface area contributed by atoms with Crippen molar-refractivity contribution in [3.63, 3.8) is 0 Å². The molecule has 1 saturated heterocycles. The van der Waals surface area contributed by atoms with E-state index in [2.05, 4.69) is 22.2 Å². The number of ether oxygens (including phenoxy) is 1. The zero-order valence-electron chi connectivity index (χ0n) is 14.6. The van der Waals surface area contributed by atoms with Crippen LogP contribution in [0.25, 0.3) is 11.4 Å². The summed E-state index contributed by atoms with van der Waals surface area (Å²) in [6, 6.07) is 11.5. The van der Waals surface area contributed by atoms with Gasteiger partial charge in [-0.05, 0) is 6.42 Å². The molecule has 0 spiro atoms. The van der Waals surface area contributed by atoms with Crippen molar-refractivity contribution in [2.24, 2.45) is 0 Å². The van der Waals surface area contributed by atoms with E-state index in [1.54, 1.807) is 11.0 Å². The highest BCUT2D eigenvalue weighted by Gasteiger charge is 2.21. The number of benzene rings is 1. The number of aromatic nitrogens is 2. The first-order chi connectivity index (χ1) is 12.3. The second-order valence-electron chi connectivity index (χ2n) is 6.01. The van der Waals surface area contributed by atoms with Gasteiger partial charge in [-0.3, -0.25) is 4.79 Å². The zero-order chi connectivity index (χ0) is 17.5. The van der Waals surface area contributed by atoms with Crippen LogP contribution in [0.5, 0.6) is 0 Å². The lowest BCUT2D eigenvalue weighted by atomic mass is 10.2. The van der Waals surface area contributed by atoms with Gasteiger partial charge in [0.25, 0.3) is 5.91 Å². The molecule has 25 heavy (non-hydrogen) atoms. The predicted octanol–water partition coefficient (Wildman–Crippen LogP) is 2.83. The molecule has 0 bridgehead atoms. The minimum Gasteiger partial charge on any atom is -0.378 e. The second kappa shape index (κ2) is 8.58. The van der Waals surface area contributed by atoms with Crippen LogP contribution in [0.2, 0.25) is 0 Å². The summed E-state index contributed by atoms with van der Waals surface area (Å²) in [4.78, 5) is 23.7. The molecule has 2 aromatic rings. The highest BCUT2D eigenvalue weighted by molar-refractivity contribution is 5.93. The quantitative estimate of drug-likeness (QED) is 0.819. The van der Waals surface area contributed by atoms with Gasteiger partial charge >= 0.3 is 0 Å². The van der Waals surface area contributed by atoms with Gasteiger partial charge in [-0.1, -0.05) is 43.7 Å². The number of nitrogens with zero attached hydrogens (tertiary/aromatic N) is 3. The van der Waals surface area contributed by atoms with Crippen LogP contribution in [0.4, 0.5) is 5.82 Å². The minimum absolute atomic E-state index is 0.0681. The van der Waals surface area contributed by atoms with E-state index >= 15 is 0 Å². The molecule has 0 atom stereocenters. The Hall–Kier alpha value is -2.47. The molecule has 0 saturated carbocycles. The fourth-order valence-corrected chi connectivity index (χ4v) is 2.69. The van der Waals surface area contributed by atoms with Gasteiger partial charge < -0.3 is 15.0 Å². The van der Waals surface area contributed by atoms with Crippen LogP contribution < -0.4 is 5.32 Å². The first-order valence-electron chi connectivity index (χ1n) is 8.83.